The summed E-state index contributed by atoms with van der Waals surface area (Å²) >= 11 is 6.13. The van der Waals surface area contributed by atoms with Crippen molar-refractivity contribution >= 4 is 11.6 Å². The third kappa shape index (κ3) is 0.786. The highest BCUT2D eigenvalue weighted by Gasteiger charge is 2.48. The van der Waals surface area contributed by atoms with E-state index in [9.17, 15) is 5.11 Å². The number of aliphatic hydroxyl groups excluding tert-OH is 1. The molecule has 1 N–H and O–H groups in total. The van der Waals surface area contributed by atoms with Gasteiger partial charge in [0.15, 0.2) is 0 Å². The van der Waals surface area contributed by atoms with E-state index in [1.807, 2.05) is 0 Å². The van der Waals surface area contributed by atoms with Gasteiger partial charge in [0, 0.05) is 4.87 Å². The van der Waals surface area contributed by atoms with Crippen LogP contribution in [0.25, 0.3) is 0 Å². The van der Waals surface area contributed by atoms with E-state index in [1.54, 1.807) is 0 Å². The number of hydrogen-bond acceptors (Lipinski definition) is 1. The number of fused-ring (bicyclic) bond motifs is 2. The zero-order valence-corrected chi connectivity index (χ0v) is 6.06. The summed E-state index contributed by atoms with van der Waals surface area (Å²) in [5.74, 6) is 0.530. The molecule has 2 aliphatic rings. The molecule has 0 spiro atoms. The summed E-state index contributed by atoms with van der Waals surface area (Å²) < 4.78 is 0. The molecule has 2 fully saturated rings. The first-order chi connectivity index (χ1) is 4.20. The van der Waals surface area contributed by atoms with Crippen molar-refractivity contribution in [2.75, 3.05) is 0 Å². The Labute approximate surface area is 60.0 Å². The molecule has 3 unspecified atom stereocenters. The minimum absolute atomic E-state index is 0.00405. The monoisotopic (exact) mass is 146 g/mol. The van der Waals surface area contributed by atoms with Crippen molar-refractivity contribution in [3.05, 3.63) is 0 Å². The van der Waals surface area contributed by atoms with E-state index in [-0.39, 0.29) is 11.0 Å². The molecule has 2 bridgehead atoms. The SMILES string of the molecule is OC1CC2(Cl)CCC1C2. The Morgan fingerprint density at radius 2 is 2.22 bits per heavy atom. The largest absolute Gasteiger partial charge is 0.393 e. The van der Waals surface area contributed by atoms with Gasteiger partial charge in [-0.2, -0.15) is 0 Å². The maximum atomic E-state index is 9.30. The molecule has 2 aliphatic carbocycles. The van der Waals surface area contributed by atoms with Gasteiger partial charge < -0.3 is 5.11 Å². The van der Waals surface area contributed by atoms with E-state index in [2.05, 4.69) is 0 Å². The van der Waals surface area contributed by atoms with Gasteiger partial charge in [-0.25, -0.2) is 0 Å². The maximum absolute atomic E-state index is 9.30. The summed E-state index contributed by atoms with van der Waals surface area (Å²) in [4.78, 5) is 0.00405. The zero-order valence-electron chi connectivity index (χ0n) is 5.31. The number of rotatable bonds is 0. The molecule has 0 heterocycles. The van der Waals surface area contributed by atoms with Gasteiger partial charge in [0.05, 0.1) is 6.10 Å². The molecule has 0 aromatic carbocycles. The second-order valence-electron chi connectivity index (χ2n) is 3.43. The van der Waals surface area contributed by atoms with Gasteiger partial charge in [0.1, 0.15) is 0 Å². The van der Waals surface area contributed by atoms with E-state index in [0.29, 0.717) is 5.92 Å². The van der Waals surface area contributed by atoms with Gasteiger partial charge in [-0.05, 0) is 31.6 Å². The number of alkyl halides is 1. The molecular formula is C7H11ClO. The van der Waals surface area contributed by atoms with Gasteiger partial charge >= 0.3 is 0 Å². The molecular weight excluding hydrogens is 136 g/mol. The van der Waals surface area contributed by atoms with Crippen LogP contribution in [0.15, 0.2) is 0 Å². The fourth-order valence-corrected chi connectivity index (χ4v) is 2.64. The molecule has 0 amide bonds. The Morgan fingerprint density at radius 3 is 2.44 bits per heavy atom. The minimum Gasteiger partial charge on any atom is -0.393 e. The molecule has 0 radical (unpaired) electrons. The smallest absolute Gasteiger partial charge is 0.0585 e. The average molecular weight is 147 g/mol. The lowest BCUT2D eigenvalue weighted by molar-refractivity contribution is 0.116. The maximum Gasteiger partial charge on any atom is 0.0585 e. The predicted octanol–water partition coefficient (Wildman–Crippen LogP) is 1.53. The van der Waals surface area contributed by atoms with Crippen LogP contribution in [-0.2, 0) is 0 Å². The average Bonchev–Trinajstić information content (AvgIpc) is 2.20. The quantitative estimate of drug-likeness (QED) is 0.514. The minimum atomic E-state index is -0.0868. The van der Waals surface area contributed by atoms with E-state index < -0.39 is 0 Å². The van der Waals surface area contributed by atoms with Crippen LogP contribution >= 0.6 is 11.6 Å². The fourth-order valence-electron chi connectivity index (χ4n) is 2.17. The lowest BCUT2D eigenvalue weighted by atomic mass is 9.98. The third-order valence-electron chi connectivity index (χ3n) is 2.71. The zero-order chi connectivity index (χ0) is 6.48. The summed E-state index contributed by atoms with van der Waals surface area (Å²) in [7, 11) is 0. The van der Waals surface area contributed by atoms with Gasteiger partial charge in [0.25, 0.3) is 0 Å². The second-order valence-corrected chi connectivity index (χ2v) is 4.23. The van der Waals surface area contributed by atoms with Crippen molar-refractivity contribution in [2.45, 2.75) is 36.7 Å². The van der Waals surface area contributed by atoms with Crippen LogP contribution in [0.5, 0.6) is 0 Å². The van der Waals surface area contributed by atoms with Crippen LogP contribution in [-0.4, -0.2) is 16.1 Å². The van der Waals surface area contributed by atoms with Crippen LogP contribution in [0.2, 0.25) is 0 Å². The molecule has 0 aliphatic heterocycles. The Bertz CT molecular complexity index is 133. The highest BCUT2D eigenvalue weighted by Crippen LogP contribution is 2.51. The normalized spacial score (nSPS) is 56.7. The summed E-state index contributed by atoms with van der Waals surface area (Å²) in [6.45, 7) is 0. The van der Waals surface area contributed by atoms with Crippen LogP contribution in [0.1, 0.15) is 25.7 Å². The number of halogens is 1. The number of aliphatic hydroxyl groups is 1. The summed E-state index contributed by atoms with van der Waals surface area (Å²) in [5, 5.41) is 9.30. The van der Waals surface area contributed by atoms with Crippen molar-refractivity contribution < 1.29 is 5.11 Å². The van der Waals surface area contributed by atoms with Crippen molar-refractivity contribution in [1.29, 1.82) is 0 Å². The molecule has 2 saturated carbocycles. The fraction of sp³-hybridized carbons (Fsp3) is 1.00. The van der Waals surface area contributed by atoms with E-state index in [0.717, 1.165) is 25.7 Å². The van der Waals surface area contributed by atoms with Crippen LogP contribution in [0.3, 0.4) is 0 Å². The van der Waals surface area contributed by atoms with Crippen LogP contribution in [0.4, 0.5) is 0 Å². The Morgan fingerprint density at radius 1 is 1.44 bits per heavy atom. The van der Waals surface area contributed by atoms with Crippen LogP contribution < -0.4 is 0 Å². The Kier molecular flexibility index (Phi) is 1.09. The van der Waals surface area contributed by atoms with Crippen molar-refractivity contribution in [2.24, 2.45) is 5.92 Å². The summed E-state index contributed by atoms with van der Waals surface area (Å²) in [5.41, 5.74) is 0. The first-order valence-corrected chi connectivity index (χ1v) is 3.94. The highest BCUT2D eigenvalue weighted by atomic mass is 35.5. The second kappa shape index (κ2) is 1.64. The molecule has 0 aromatic rings. The summed E-state index contributed by atoms with van der Waals surface area (Å²) in [6.07, 6.45) is 4.06. The van der Waals surface area contributed by atoms with Crippen molar-refractivity contribution in [3.8, 4) is 0 Å². The molecule has 9 heavy (non-hydrogen) atoms. The number of hydrogen-bond donors (Lipinski definition) is 1. The predicted molar refractivity (Wildman–Crippen MR) is 36.5 cm³/mol. The first-order valence-electron chi connectivity index (χ1n) is 3.57. The van der Waals surface area contributed by atoms with Gasteiger partial charge in [-0.1, -0.05) is 0 Å². The van der Waals surface area contributed by atoms with Crippen molar-refractivity contribution in [3.63, 3.8) is 0 Å². The molecule has 3 atom stereocenters. The summed E-state index contributed by atoms with van der Waals surface area (Å²) in [6, 6.07) is 0. The lowest BCUT2D eigenvalue weighted by Crippen LogP contribution is -2.21. The molecule has 1 nitrogen and oxygen atoms in total. The highest BCUT2D eigenvalue weighted by molar-refractivity contribution is 6.24. The Balaban J connectivity index is 2.19. The van der Waals surface area contributed by atoms with E-state index in [1.165, 1.54) is 0 Å². The third-order valence-corrected chi connectivity index (χ3v) is 3.21. The molecule has 2 heteroatoms. The lowest BCUT2D eigenvalue weighted by Gasteiger charge is -2.20. The molecule has 0 saturated heterocycles. The Hall–Kier alpha value is 0.250. The molecule has 2 rings (SSSR count). The van der Waals surface area contributed by atoms with Gasteiger partial charge in [-0.15, -0.1) is 11.6 Å². The van der Waals surface area contributed by atoms with Crippen LogP contribution in [0, 0.1) is 5.92 Å². The van der Waals surface area contributed by atoms with E-state index in [4.69, 9.17) is 11.6 Å². The van der Waals surface area contributed by atoms with Gasteiger partial charge in [-0.3, -0.25) is 0 Å². The molecule has 0 aromatic heterocycles. The van der Waals surface area contributed by atoms with Crippen molar-refractivity contribution in [1.82, 2.24) is 0 Å². The van der Waals surface area contributed by atoms with E-state index >= 15 is 0 Å². The first kappa shape index (κ1) is 5.99. The molecule has 52 valence electrons. The topological polar surface area (TPSA) is 20.2 Å². The standard InChI is InChI=1S/C7H11ClO/c8-7-2-1-5(3-7)6(9)4-7/h5-6,9H,1-4H2. The van der Waals surface area contributed by atoms with Gasteiger partial charge in [0.2, 0.25) is 0 Å².